The average Bonchev–Trinajstić information content (AvgIpc) is 2.09. The van der Waals surface area contributed by atoms with Crippen molar-refractivity contribution in [3.8, 4) is 0 Å². The van der Waals surface area contributed by atoms with Crippen molar-refractivity contribution in [2.45, 2.75) is 13.0 Å². The van der Waals surface area contributed by atoms with Crippen molar-refractivity contribution in [3.05, 3.63) is 21.9 Å². The summed E-state index contributed by atoms with van der Waals surface area (Å²) in [5, 5.41) is 8.81. The Morgan fingerprint density at radius 1 is 1.62 bits per heavy atom. The number of pyridine rings is 1. The van der Waals surface area contributed by atoms with Crippen molar-refractivity contribution < 1.29 is 13.9 Å². The van der Waals surface area contributed by atoms with Crippen molar-refractivity contribution >= 4 is 21.6 Å². The summed E-state index contributed by atoms with van der Waals surface area (Å²) in [5.74, 6) is 0. The lowest BCUT2D eigenvalue weighted by Crippen LogP contribution is -2.02. The summed E-state index contributed by atoms with van der Waals surface area (Å²) in [6.07, 6.45) is -1.58. The van der Waals surface area contributed by atoms with Crippen LogP contribution in [0.15, 0.2) is 10.7 Å². The lowest BCUT2D eigenvalue weighted by atomic mass is 10.2. The Bertz CT molecular complexity index is 320. The summed E-state index contributed by atoms with van der Waals surface area (Å²) in [4.78, 5) is 3.44. The van der Waals surface area contributed by atoms with E-state index in [0.717, 1.165) is 6.20 Å². The first kappa shape index (κ1) is 10.3. The van der Waals surface area contributed by atoms with E-state index in [0.29, 0.717) is 0 Å². The van der Waals surface area contributed by atoms with Gasteiger partial charge in [0.25, 0.3) is 6.43 Å². The highest BCUT2D eigenvalue weighted by atomic mass is 79.9. The summed E-state index contributed by atoms with van der Waals surface area (Å²) in [5.41, 5.74) is 5.23. The van der Waals surface area contributed by atoms with Gasteiger partial charge in [-0.05, 0) is 15.9 Å². The zero-order valence-electron chi connectivity index (χ0n) is 6.47. The maximum absolute atomic E-state index is 12.3. The molecule has 1 rings (SSSR count). The molecule has 0 atom stereocenters. The fourth-order valence-electron chi connectivity index (χ4n) is 0.899. The predicted molar refractivity (Wildman–Crippen MR) is 47.2 cm³/mol. The molecule has 1 aromatic heterocycles. The van der Waals surface area contributed by atoms with Crippen LogP contribution in [0.1, 0.15) is 17.7 Å². The lowest BCUT2D eigenvalue weighted by Gasteiger charge is -2.08. The second-order valence-electron chi connectivity index (χ2n) is 2.35. The smallest absolute Gasteiger partial charge is 0.280 e. The third-order valence-electron chi connectivity index (χ3n) is 1.54. The van der Waals surface area contributed by atoms with Gasteiger partial charge in [-0.15, -0.1) is 0 Å². The van der Waals surface area contributed by atoms with Gasteiger partial charge in [0.05, 0.1) is 18.5 Å². The van der Waals surface area contributed by atoms with Gasteiger partial charge in [0.15, 0.2) is 0 Å². The number of alkyl halides is 2. The molecule has 0 radical (unpaired) electrons. The van der Waals surface area contributed by atoms with Crippen LogP contribution in [0.5, 0.6) is 0 Å². The standard InChI is InChI=1S/C7H7BrF2N2O/c8-5-3(2-13)6(7(9)10)12-1-4(5)11/h1,7,13H,2,11H2. The number of nitrogen functional groups attached to an aromatic ring is 1. The van der Waals surface area contributed by atoms with Crippen LogP contribution in [-0.4, -0.2) is 10.1 Å². The minimum Gasteiger partial charge on any atom is -0.397 e. The number of nitrogens with two attached hydrogens (primary N) is 1. The summed E-state index contributed by atoms with van der Waals surface area (Å²) in [7, 11) is 0. The zero-order valence-corrected chi connectivity index (χ0v) is 8.05. The van der Waals surface area contributed by atoms with Gasteiger partial charge in [0, 0.05) is 10.0 Å². The quantitative estimate of drug-likeness (QED) is 0.845. The van der Waals surface area contributed by atoms with Gasteiger partial charge in [-0.2, -0.15) is 0 Å². The van der Waals surface area contributed by atoms with E-state index in [9.17, 15) is 8.78 Å². The van der Waals surface area contributed by atoms with Gasteiger partial charge in [0.2, 0.25) is 0 Å². The number of rotatable bonds is 2. The molecule has 0 aliphatic rings. The van der Waals surface area contributed by atoms with Crippen LogP contribution in [0.25, 0.3) is 0 Å². The van der Waals surface area contributed by atoms with Gasteiger partial charge in [0.1, 0.15) is 5.69 Å². The largest absolute Gasteiger partial charge is 0.397 e. The number of anilines is 1. The zero-order chi connectivity index (χ0) is 10.0. The molecular formula is C7H7BrF2N2O. The molecule has 3 N–H and O–H groups in total. The Morgan fingerprint density at radius 3 is 2.69 bits per heavy atom. The van der Waals surface area contributed by atoms with Crippen molar-refractivity contribution in [1.82, 2.24) is 4.98 Å². The molecule has 0 bridgehead atoms. The normalized spacial score (nSPS) is 10.8. The molecule has 72 valence electrons. The van der Waals surface area contributed by atoms with E-state index < -0.39 is 18.7 Å². The number of halogens is 3. The molecule has 13 heavy (non-hydrogen) atoms. The van der Waals surface area contributed by atoms with E-state index in [-0.39, 0.29) is 15.7 Å². The molecule has 0 aliphatic carbocycles. The molecule has 6 heteroatoms. The molecule has 0 aliphatic heterocycles. The van der Waals surface area contributed by atoms with Crippen LogP contribution < -0.4 is 5.73 Å². The van der Waals surface area contributed by atoms with Crippen LogP contribution in [0, 0.1) is 0 Å². The molecule has 0 amide bonds. The van der Waals surface area contributed by atoms with Crippen molar-refractivity contribution in [2.75, 3.05) is 5.73 Å². The topological polar surface area (TPSA) is 59.1 Å². The molecule has 1 aromatic rings. The fraction of sp³-hybridized carbons (Fsp3) is 0.286. The number of aliphatic hydroxyl groups is 1. The van der Waals surface area contributed by atoms with Crippen LogP contribution in [0.2, 0.25) is 0 Å². The first-order valence-electron chi connectivity index (χ1n) is 3.39. The summed E-state index contributed by atoms with van der Waals surface area (Å²) < 4.78 is 24.9. The summed E-state index contributed by atoms with van der Waals surface area (Å²) in [6, 6.07) is 0. The second kappa shape index (κ2) is 3.97. The summed E-state index contributed by atoms with van der Waals surface area (Å²) in [6.45, 7) is -0.516. The number of hydrogen-bond acceptors (Lipinski definition) is 3. The maximum Gasteiger partial charge on any atom is 0.280 e. The maximum atomic E-state index is 12.3. The summed E-state index contributed by atoms with van der Waals surface area (Å²) >= 11 is 3.00. The molecule has 0 spiro atoms. The highest BCUT2D eigenvalue weighted by molar-refractivity contribution is 9.10. The molecule has 0 fully saturated rings. The minimum atomic E-state index is -2.71. The van der Waals surface area contributed by atoms with E-state index in [1.807, 2.05) is 0 Å². The van der Waals surface area contributed by atoms with E-state index >= 15 is 0 Å². The molecule has 0 aromatic carbocycles. The number of hydrogen-bond donors (Lipinski definition) is 2. The van der Waals surface area contributed by atoms with Gasteiger partial charge < -0.3 is 10.8 Å². The van der Waals surface area contributed by atoms with Crippen molar-refractivity contribution in [1.29, 1.82) is 0 Å². The highest BCUT2D eigenvalue weighted by Crippen LogP contribution is 2.30. The fourth-order valence-corrected chi connectivity index (χ4v) is 1.33. The monoisotopic (exact) mass is 252 g/mol. The molecular weight excluding hydrogens is 246 g/mol. The average molecular weight is 253 g/mol. The Balaban J connectivity index is 3.30. The number of nitrogens with zero attached hydrogens (tertiary/aromatic N) is 1. The predicted octanol–water partition coefficient (Wildman–Crippen LogP) is 1.86. The Labute approximate surface area is 81.7 Å². The molecule has 1 heterocycles. The highest BCUT2D eigenvalue weighted by Gasteiger charge is 2.17. The Hall–Kier alpha value is -0.750. The number of aromatic nitrogens is 1. The lowest BCUT2D eigenvalue weighted by molar-refractivity contribution is 0.141. The van der Waals surface area contributed by atoms with Crippen LogP contribution >= 0.6 is 15.9 Å². The molecule has 3 nitrogen and oxygen atoms in total. The minimum absolute atomic E-state index is 0.0370. The number of aliphatic hydroxyl groups excluding tert-OH is 1. The van der Waals surface area contributed by atoms with E-state index in [4.69, 9.17) is 10.8 Å². The van der Waals surface area contributed by atoms with Crippen molar-refractivity contribution in [2.24, 2.45) is 0 Å². The molecule has 0 saturated heterocycles. The van der Waals surface area contributed by atoms with Gasteiger partial charge in [-0.25, -0.2) is 8.78 Å². The van der Waals surface area contributed by atoms with E-state index in [2.05, 4.69) is 20.9 Å². The third-order valence-corrected chi connectivity index (χ3v) is 2.47. The first-order chi connectivity index (χ1) is 6.07. The second-order valence-corrected chi connectivity index (χ2v) is 3.14. The third kappa shape index (κ3) is 1.94. The SMILES string of the molecule is Nc1cnc(C(F)F)c(CO)c1Br. The van der Waals surface area contributed by atoms with Gasteiger partial charge >= 0.3 is 0 Å². The molecule has 0 unspecified atom stereocenters. The Kier molecular flexibility index (Phi) is 3.16. The van der Waals surface area contributed by atoms with Gasteiger partial charge in [-0.1, -0.05) is 0 Å². The molecule has 0 saturated carbocycles. The first-order valence-corrected chi connectivity index (χ1v) is 4.19. The van der Waals surface area contributed by atoms with Crippen LogP contribution in [0.3, 0.4) is 0 Å². The van der Waals surface area contributed by atoms with E-state index in [1.54, 1.807) is 0 Å². The van der Waals surface area contributed by atoms with Crippen LogP contribution in [-0.2, 0) is 6.61 Å². The van der Waals surface area contributed by atoms with Crippen LogP contribution in [0.4, 0.5) is 14.5 Å². The van der Waals surface area contributed by atoms with E-state index in [1.165, 1.54) is 0 Å². The van der Waals surface area contributed by atoms with Crippen molar-refractivity contribution in [3.63, 3.8) is 0 Å². The Morgan fingerprint density at radius 2 is 2.23 bits per heavy atom. The van der Waals surface area contributed by atoms with Gasteiger partial charge in [-0.3, -0.25) is 4.98 Å².